The molecule has 0 bridgehead atoms. The van der Waals surface area contributed by atoms with Crippen molar-refractivity contribution in [2.24, 2.45) is 7.05 Å². The summed E-state index contributed by atoms with van der Waals surface area (Å²) in [5.74, 6) is 0.340. The molecule has 3 heterocycles. The summed E-state index contributed by atoms with van der Waals surface area (Å²) in [6, 6.07) is 9.67. The van der Waals surface area contributed by atoms with Crippen LogP contribution in [-0.2, 0) is 18.4 Å². The molecule has 0 fully saturated rings. The molecular formula is C22H25N5O3. The molecule has 4 rings (SSSR count). The number of fused-ring (bicyclic) bond motifs is 3. The summed E-state index contributed by atoms with van der Waals surface area (Å²) in [7, 11) is 1.90. The molecular weight excluding hydrogens is 382 g/mol. The minimum Gasteiger partial charge on any atom is -0.443 e. The van der Waals surface area contributed by atoms with Gasteiger partial charge in [-0.05, 0) is 43.5 Å². The number of aliphatic hydroxyl groups excluding tert-OH is 1. The van der Waals surface area contributed by atoms with Crippen LogP contribution in [0.1, 0.15) is 32.8 Å². The van der Waals surface area contributed by atoms with E-state index in [-0.39, 0.29) is 6.61 Å². The first-order chi connectivity index (χ1) is 14.3. The number of aromatic amines is 1. The van der Waals surface area contributed by atoms with Crippen LogP contribution in [0, 0.1) is 0 Å². The van der Waals surface area contributed by atoms with Gasteiger partial charge in [0.25, 0.3) is 0 Å². The number of hydrogen-bond acceptors (Lipinski definition) is 5. The van der Waals surface area contributed by atoms with Crippen molar-refractivity contribution in [3.05, 3.63) is 42.2 Å². The quantitative estimate of drug-likeness (QED) is 0.456. The number of benzene rings is 1. The van der Waals surface area contributed by atoms with E-state index in [0.717, 1.165) is 27.7 Å². The first-order valence-corrected chi connectivity index (χ1v) is 9.85. The first-order valence-electron chi connectivity index (χ1n) is 9.85. The number of amides is 1. The van der Waals surface area contributed by atoms with Crippen molar-refractivity contribution in [3.63, 3.8) is 0 Å². The van der Waals surface area contributed by atoms with Crippen LogP contribution in [0.15, 0.2) is 36.7 Å². The Kier molecular flexibility index (Phi) is 4.95. The Morgan fingerprint density at radius 3 is 2.87 bits per heavy atom. The molecule has 0 saturated carbocycles. The van der Waals surface area contributed by atoms with E-state index in [9.17, 15) is 9.90 Å². The zero-order valence-corrected chi connectivity index (χ0v) is 17.5. The molecule has 0 unspecified atom stereocenters. The predicted molar refractivity (Wildman–Crippen MR) is 116 cm³/mol. The van der Waals surface area contributed by atoms with Gasteiger partial charge < -0.3 is 19.4 Å². The average molecular weight is 407 g/mol. The normalized spacial score (nSPS) is 11.9. The standard InChI is InChI=1S/C22H25N5O3/c1-5-22(2,3)30-21(29)26-20-17-18(27(4)12-23-17)15-10-16(24-19(15)25-20)14-8-6-7-13(9-14)11-28/h6-10,12,28H,5,11H2,1-4H3,(H2,24,25,26,29). The number of ether oxygens (including phenoxy) is 1. The van der Waals surface area contributed by atoms with Gasteiger partial charge in [0, 0.05) is 18.1 Å². The average Bonchev–Trinajstić information content (AvgIpc) is 3.31. The van der Waals surface area contributed by atoms with E-state index in [1.165, 1.54) is 0 Å². The number of carbonyl (C=O) groups is 1. The summed E-state index contributed by atoms with van der Waals surface area (Å²) in [5, 5.41) is 13.1. The van der Waals surface area contributed by atoms with E-state index in [4.69, 9.17) is 4.74 Å². The number of nitrogens with one attached hydrogen (secondary N) is 2. The van der Waals surface area contributed by atoms with Gasteiger partial charge in [0.15, 0.2) is 5.82 Å². The van der Waals surface area contributed by atoms with Crippen molar-refractivity contribution in [3.8, 4) is 11.3 Å². The third-order valence-corrected chi connectivity index (χ3v) is 5.30. The molecule has 0 atom stereocenters. The van der Waals surface area contributed by atoms with Crippen LogP contribution in [0.5, 0.6) is 0 Å². The van der Waals surface area contributed by atoms with Crippen molar-refractivity contribution in [1.82, 2.24) is 19.5 Å². The van der Waals surface area contributed by atoms with Crippen LogP contribution < -0.4 is 5.32 Å². The van der Waals surface area contributed by atoms with E-state index in [1.54, 1.807) is 6.33 Å². The molecule has 1 amide bonds. The molecule has 0 radical (unpaired) electrons. The molecule has 8 nitrogen and oxygen atoms in total. The summed E-state index contributed by atoms with van der Waals surface area (Å²) in [5.41, 5.74) is 4.12. The number of pyridine rings is 1. The molecule has 3 N–H and O–H groups in total. The van der Waals surface area contributed by atoms with Crippen molar-refractivity contribution in [2.75, 3.05) is 5.32 Å². The van der Waals surface area contributed by atoms with Crippen LogP contribution >= 0.6 is 0 Å². The van der Waals surface area contributed by atoms with E-state index >= 15 is 0 Å². The number of aryl methyl sites for hydroxylation is 1. The number of nitrogens with zero attached hydrogens (tertiary/aromatic N) is 3. The summed E-state index contributed by atoms with van der Waals surface area (Å²) < 4.78 is 7.40. The second-order valence-electron chi connectivity index (χ2n) is 7.94. The number of anilines is 1. The Morgan fingerprint density at radius 2 is 2.13 bits per heavy atom. The topological polar surface area (TPSA) is 105 Å². The maximum atomic E-state index is 12.4. The van der Waals surface area contributed by atoms with Gasteiger partial charge in [-0.25, -0.2) is 14.8 Å². The lowest BCUT2D eigenvalue weighted by Gasteiger charge is -2.23. The second-order valence-corrected chi connectivity index (χ2v) is 7.94. The van der Waals surface area contributed by atoms with Gasteiger partial charge in [-0.15, -0.1) is 0 Å². The third-order valence-electron chi connectivity index (χ3n) is 5.30. The number of carbonyl (C=O) groups excluding carboxylic acids is 1. The zero-order chi connectivity index (χ0) is 21.5. The van der Waals surface area contributed by atoms with E-state index in [2.05, 4.69) is 20.3 Å². The van der Waals surface area contributed by atoms with Crippen LogP contribution in [-0.4, -0.2) is 36.3 Å². The van der Waals surface area contributed by atoms with Gasteiger partial charge in [0.2, 0.25) is 0 Å². The van der Waals surface area contributed by atoms with Crippen molar-refractivity contribution in [1.29, 1.82) is 0 Å². The molecule has 0 aliphatic rings. The van der Waals surface area contributed by atoms with Crippen molar-refractivity contribution in [2.45, 2.75) is 39.4 Å². The molecule has 0 spiro atoms. The fourth-order valence-electron chi connectivity index (χ4n) is 3.32. The summed E-state index contributed by atoms with van der Waals surface area (Å²) in [6.45, 7) is 5.65. The lowest BCUT2D eigenvalue weighted by Crippen LogP contribution is -2.30. The Bertz CT molecular complexity index is 1240. The SMILES string of the molecule is CCC(C)(C)OC(=O)Nc1nc2[nH]c(-c3cccc(CO)c3)cc2c2c1ncn2C. The van der Waals surface area contributed by atoms with Crippen molar-refractivity contribution >= 4 is 34.0 Å². The second kappa shape index (κ2) is 7.46. The van der Waals surface area contributed by atoms with Crippen LogP contribution in [0.4, 0.5) is 10.6 Å². The van der Waals surface area contributed by atoms with Gasteiger partial charge in [0.1, 0.15) is 16.8 Å². The molecule has 30 heavy (non-hydrogen) atoms. The van der Waals surface area contributed by atoms with Crippen LogP contribution in [0.25, 0.3) is 33.3 Å². The summed E-state index contributed by atoms with van der Waals surface area (Å²) in [6.07, 6.45) is 1.82. The van der Waals surface area contributed by atoms with Gasteiger partial charge in [-0.2, -0.15) is 0 Å². The molecule has 0 saturated heterocycles. The smallest absolute Gasteiger partial charge is 0.413 e. The Hall–Kier alpha value is -3.39. The van der Waals surface area contributed by atoms with Crippen LogP contribution in [0.2, 0.25) is 0 Å². The third kappa shape index (κ3) is 3.61. The maximum Gasteiger partial charge on any atom is 0.413 e. The molecule has 156 valence electrons. The molecule has 0 aliphatic carbocycles. The fourth-order valence-corrected chi connectivity index (χ4v) is 3.32. The predicted octanol–water partition coefficient (Wildman–Crippen LogP) is 4.35. The summed E-state index contributed by atoms with van der Waals surface area (Å²) >= 11 is 0. The number of imidazole rings is 1. The minimum absolute atomic E-state index is 0.0252. The molecule has 8 heteroatoms. The largest absolute Gasteiger partial charge is 0.443 e. The molecule has 3 aromatic heterocycles. The Balaban J connectivity index is 1.80. The molecule has 1 aromatic carbocycles. The molecule has 0 aliphatic heterocycles. The van der Waals surface area contributed by atoms with Gasteiger partial charge in [0.05, 0.1) is 18.5 Å². The Morgan fingerprint density at radius 1 is 1.33 bits per heavy atom. The molecule has 4 aromatic rings. The highest BCUT2D eigenvalue weighted by molar-refractivity contribution is 6.09. The van der Waals surface area contributed by atoms with E-state index in [1.807, 2.05) is 62.7 Å². The Labute approximate surface area is 173 Å². The first kappa shape index (κ1) is 19.9. The zero-order valence-electron chi connectivity index (χ0n) is 17.5. The monoisotopic (exact) mass is 407 g/mol. The van der Waals surface area contributed by atoms with Gasteiger partial charge in [-0.1, -0.05) is 25.1 Å². The lowest BCUT2D eigenvalue weighted by molar-refractivity contribution is 0.0461. The minimum atomic E-state index is -0.575. The number of aromatic nitrogens is 4. The van der Waals surface area contributed by atoms with E-state index in [0.29, 0.717) is 23.4 Å². The van der Waals surface area contributed by atoms with Gasteiger partial charge in [-0.3, -0.25) is 5.32 Å². The fraction of sp³-hybridized carbons (Fsp3) is 0.318. The van der Waals surface area contributed by atoms with E-state index < -0.39 is 11.7 Å². The number of rotatable bonds is 5. The highest BCUT2D eigenvalue weighted by Crippen LogP contribution is 2.32. The van der Waals surface area contributed by atoms with Crippen molar-refractivity contribution < 1.29 is 14.6 Å². The van der Waals surface area contributed by atoms with Crippen LogP contribution in [0.3, 0.4) is 0 Å². The number of hydrogen-bond donors (Lipinski definition) is 3. The highest BCUT2D eigenvalue weighted by Gasteiger charge is 2.23. The number of H-pyrrole nitrogens is 1. The maximum absolute atomic E-state index is 12.4. The van der Waals surface area contributed by atoms with Gasteiger partial charge >= 0.3 is 6.09 Å². The number of aliphatic hydroxyl groups is 1. The summed E-state index contributed by atoms with van der Waals surface area (Å²) in [4.78, 5) is 24.8. The lowest BCUT2D eigenvalue weighted by atomic mass is 10.1. The highest BCUT2D eigenvalue weighted by atomic mass is 16.6.